The van der Waals surface area contributed by atoms with Crippen LogP contribution >= 0.6 is 0 Å². The predicted octanol–water partition coefficient (Wildman–Crippen LogP) is 1.54. The maximum atomic E-state index is 11.2. The molecule has 2 heterocycles. The van der Waals surface area contributed by atoms with Crippen molar-refractivity contribution in [3.05, 3.63) is 48.0 Å². The summed E-state index contributed by atoms with van der Waals surface area (Å²) in [4.78, 5) is 29.8. The van der Waals surface area contributed by atoms with Crippen molar-refractivity contribution in [1.29, 1.82) is 0 Å². The molecule has 0 radical (unpaired) electrons. The molecular formula is C12H8N2O4. The molecule has 0 bridgehead atoms. The molecule has 2 aromatic heterocycles. The number of hydrogen-bond acceptors (Lipinski definition) is 4. The van der Waals surface area contributed by atoms with Crippen LogP contribution in [0.15, 0.2) is 36.9 Å². The van der Waals surface area contributed by atoms with Crippen molar-refractivity contribution in [2.45, 2.75) is 0 Å². The Kier molecular flexibility index (Phi) is 3.01. The Morgan fingerprint density at radius 3 is 2.33 bits per heavy atom. The normalized spacial score (nSPS) is 10.0. The van der Waals surface area contributed by atoms with E-state index >= 15 is 0 Å². The van der Waals surface area contributed by atoms with Gasteiger partial charge in [-0.3, -0.25) is 9.97 Å². The molecule has 0 amide bonds. The van der Waals surface area contributed by atoms with Crippen molar-refractivity contribution >= 4 is 11.9 Å². The lowest BCUT2D eigenvalue weighted by molar-refractivity contribution is 0.0651. The highest BCUT2D eigenvalue weighted by Crippen LogP contribution is 2.24. The van der Waals surface area contributed by atoms with Gasteiger partial charge >= 0.3 is 11.9 Å². The highest BCUT2D eigenvalue weighted by molar-refractivity contribution is 6.06. The SMILES string of the molecule is O=C(O)c1cncc(-c2cccnc2)c1C(=O)O. The number of carbonyl (C=O) groups is 2. The Hall–Kier alpha value is -2.76. The summed E-state index contributed by atoms with van der Waals surface area (Å²) >= 11 is 0. The third kappa shape index (κ3) is 2.03. The van der Waals surface area contributed by atoms with Gasteiger partial charge in [0.1, 0.15) is 0 Å². The van der Waals surface area contributed by atoms with Gasteiger partial charge in [0.25, 0.3) is 0 Å². The lowest BCUT2D eigenvalue weighted by Gasteiger charge is -2.07. The second kappa shape index (κ2) is 4.62. The standard InChI is InChI=1S/C12H8N2O4/c15-11(16)9-6-14-5-8(10(9)12(17)18)7-2-1-3-13-4-7/h1-6H,(H,15,16)(H,17,18). The van der Waals surface area contributed by atoms with Crippen LogP contribution in [0.5, 0.6) is 0 Å². The first kappa shape index (κ1) is 11.7. The van der Waals surface area contributed by atoms with E-state index in [9.17, 15) is 9.59 Å². The number of carboxylic acids is 2. The van der Waals surface area contributed by atoms with Gasteiger partial charge in [-0.1, -0.05) is 6.07 Å². The monoisotopic (exact) mass is 244 g/mol. The first-order chi connectivity index (χ1) is 8.61. The molecule has 0 atom stereocenters. The van der Waals surface area contributed by atoms with Gasteiger partial charge in [0.15, 0.2) is 0 Å². The average molecular weight is 244 g/mol. The lowest BCUT2D eigenvalue weighted by atomic mass is 9.99. The summed E-state index contributed by atoms with van der Waals surface area (Å²) in [6.07, 6.45) is 5.33. The van der Waals surface area contributed by atoms with E-state index in [4.69, 9.17) is 10.2 Å². The molecule has 0 fully saturated rings. The molecule has 2 N–H and O–H groups in total. The van der Waals surface area contributed by atoms with Crippen LogP contribution in [0.3, 0.4) is 0 Å². The molecule has 0 spiro atoms. The molecule has 0 saturated heterocycles. The van der Waals surface area contributed by atoms with E-state index in [0.29, 0.717) is 5.56 Å². The molecule has 0 saturated carbocycles. The molecule has 90 valence electrons. The van der Waals surface area contributed by atoms with Gasteiger partial charge in [-0.2, -0.15) is 0 Å². The highest BCUT2D eigenvalue weighted by Gasteiger charge is 2.21. The van der Waals surface area contributed by atoms with Crippen molar-refractivity contribution in [3.8, 4) is 11.1 Å². The van der Waals surface area contributed by atoms with Crippen molar-refractivity contribution in [2.24, 2.45) is 0 Å². The van der Waals surface area contributed by atoms with Gasteiger partial charge in [-0.05, 0) is 6.07 Å². The van der Waals surface area contributed by atoms with Crippen LogP contribution in [0, 0.1) is 0 Å². The molecule has 18 heavy (non-hydrogen) atoms. The van der Waals surface area contributed by atoms with Gasteiger partial charge in [0, 0.05) is 35.9 Å². The molecule has 2 aromatic rings. The zero-order chi connectivity index (χ0) is 13.1. The highest BCUT2D eigenvalue weighted by atomic mass is 16.4. The predicted molar refractivity (Wildman–Crippen MR) is 61.4 cm³/mol. The number of aromatic carboxylic acids is 2. The van der Waals surface area contributed by atoms with E-state index in [1.165, 1.54) is 12.4 Å². The zero-order valence-corrected chi connectivity index (χ0v) is 9.07. The Morgan fingerprint density at radius 2 is 1.78 bits per heavy atom. The molecule has 0 unspecified atom stereocenters. The van der Waals surface area contributed by atoms with Gasteiger partial charge in [-0.25, -0.2) is 9.59 Å². The number of rotatable bonds is 3. The van der Waals surface area contributed by atoms with Crippen LogP contribution in [0.4, 0.5) is 0 Å². The maximum Gasteiger partial charge on any atom is 0.338 e. The smallest absolute Gasteiger partial charge is 0.338 e. The Morgan fingerprint density at radius 1 is 1.00 bits per heavy atom. The van der Waals surface area contributed by atoms with Crippen LogP contribution < -0.4 is 0 Å². The second-order valence-corrected chi connectivity index (χ2v) is 3.46. The summed E-state index contributed by atoms with van der Waals surface area (Å²) in [5.74, 6) is -2.64. The Labute approximate surface area is 102 Å². The summed E-state index contributed by atoms with van der Waals surface area (Å²) in [5.41, 5.74) is 0.107. The zero-order valence-electron chi connectivity index (χ0n) is 9.07. The summed E-state index contributed by atoms with van der Waals surface area (Å²) < 4.78 is 0. The summed E-state index contributed by atoms with van der Waals surface area (Å²) in [7, 11) is 0. The number of carboxylic acid groups (broad SMARTS) is 2. The fourth-order valence-corrected chi connectivity index (χ4v) is 1.59. The van der Waals surface area contributed by atoms with E-state index in [1.54, 1.807) is 18.3 Å². The maximum absolute atomic E-state index is 11.2. The largest absolute Gasteiger partial charge is 0.478 e. The van der Waals surface area contributed by atoms with Crippen molar-refractivity contribution in [1.82, 2.24) is 9.97 Å². The quantitative estimate of drug-likeness (QED) is 0.849. The summed E-state index contributed by atoms with van der Waals surface area (Å²) in [6, 6.07) is 3.27. The van der Waals surface area contributed by atoms with Crippen molar-refractivity contribution in [3.63, 3.8) is 0 Å². The number of aromatic nitrogens is 2. The van der Waals surface area contributed by atoms with Crippen molar-refractivity contribution in [2.75, 3.05) is 0 Å². The molecule has 0 aliphatic carbocycles. The van der Waals surface area contributed by atoms with E-state index in [1.807, 2.05) is 0 Å². The summed E-state index contributed by atoms with van der Waals surface area (Å²) in [5, 5.41) is 18.1. The van der Waals surface area contributed by atoms with Gasteiger partial charge in [0.05, 0.1) is 11.1 Å². The average Bonchev–Trinajstić information content (AvgIpc) is 2.38. The van der Waals surface area contributed by atoms with Crippen LogP contribution in [-0.4, -0.2) is 32.1 Å². The van der Waals surface area contributed by atoms with Gasteiger partial charge < -0.3 is 10.2 Å². The van der Waals surface area contributed by atoms with E-state index in [2.05, 4.69) is 9.97 Å². The first-order valence-electron chi connectivity index (χ1n) is 4.96. The van der Waals surface area contributed by atoms with Crippen LogP contribution in [0.2, 0.25) is 0 Å². The molecule has 6 heteroatoms. The van der Waals surface area contributed by atoms with E-state index in [0.717, 1.165) is 6.20 Å². The lowest BCUT2D eigenvalue weighted by Crippen LogP contribution is -2.10. The third-order valence-corrected chi connectivity index (χ3v) is 2.36. The van der Waals surface area contributed by atoms with Gasteiger partial charge in [0.2, 0.25) is 0 Å². The Balaban J connectivity index is 2.72. The minimum atomic E-state index is -1.33. The van der Waals surface area contributed by atoms with Crippen molar-refractivity contribution < 1.29 is 19.8 Å². The molecule has 0 aliphatic heterocycles. The van der Waals surface area contributed by atoms with Crippen LogP contribution in [0.25, 0.3) is 11.1 Å². The molecule has 0 aliphatic rings. The summed E-state index contributed by atoms with van der Waals surface area (Å²) in [6.45, 7) is 0. The second-order valence-electron chi connectivity index (χ2n) is 3.46. The topological polar surface area (TPSA) is 100 Å². The number of pyridine rings is 2. The molecule has 0 aromatic carbocycles. The molecular weight excluding hydrogens is 236 g/mol. The minimum absolute atomic E-state index is 0.232. The van der Waals surface area contributed by atoms with Gasteiger partial charge in [-0.15, -0.1) is 0 Å². The number of nitrogens with zero attached hydrogens (tertiary/aromatic N) is 2. The molecule has 6 nitrogen and oxygen atoms in total. The fraction of sp³-hybridized carbons (Fsp3) is 0. The fourth-order valence-electron chi connectivity index (χ4n) is 1.59. The first-order valence-corrected chi connectivity index (χ1v) is 4.96. The van der Waals surface area contributed by atoms with Crippen LogP contribution in [-0.2, 0) is 0 Å². The third-order valence-electron chi connectivity index (χ3n) is 2.36. The van der Waals surface area contributed by atoms with E-state index < -0.39 is 11.9 Å². The number of hydrogen-bond donors (Lipinski definition) is 2. The molecule has 2 rings (SSSR count). The Bertz CT molecular complexity index is 611. The van der Waals surface area contributed by atoms with Crippen LogP contribution in [0.1, 0.15) is 20.7 Å². The van der Waals surface area contributed by atoms with E-state index in [-0.39, 0.29) is 16.7 Å². The minimum Gasteiger partial charge on any atom is -0.478 e.